The van der Waals surface area contributed by atoms with Crippen LogP contribution in [-0.2, 0) is 17.4 Å². The predicted molar refractivity (Wildman–Crippen MR) is 99.2 cm³/mol. The third-order valence-corrected chi connectivity index (χ3v) is 5.21. The van der Waals surface area contributed by atoms with Crippen LogP contribution in [0.15, 0.2) is 0 Å². The van der Waals surface area contributed by atoms with Crippen LogP contribution in [-0.4, -0.2) is 49.5 Å². The largest absolute Gasteiger partial charge is 0.453 e. The van der Waals surface area contributed by atoms with Crippen molar-refractivity contribution in [3.05, 3.63) is 22.8 Å². The van der Waals surface area contributed by atoms with E-state index in [1.54, 1.807) is 13.8 Å². The van der Waals surface area contributed by atoms with Gasteiger partial charge in [-0.2, -0.15) is 18.2 Å². The molecule has 0 radical (unpaired) electrons. The van der Waals surface area contributed by atoms with E-state index in [0.717, 1.165) is 16.5 Å². The summed E-state index contributed by atoms with van der Waals surface area (Å²) in [4.78, 5) is 22.0. The van der Waals surface area contributed by atoms with E-state index in [9.17, 15) is 18.0 Å². The van der Waals surface area contributed by atoms with Crippen LogP contribution in [0.1, 0.15) is 42.5 Å². The lowest BCUT2D eigenvalue weighted by atomic mass is 10.1. The van der Waals surface area contributed by atoms with Gasteiger partial charge in [0, 0.05) is 30.4 Å². The van der Waals surface area contributed by atoms with E-state index < -0.39 is 12.0 Å². The normalized spacial score (nSPS) is 19.9. The van der Waals surface area contributed by atoms with Gasteiger partial charge in [0.2, 0.25) is 5.91 Å². The van der Waals surface area contributed by atoms with Crippen molar-refractivity contribution in [2.24, 2.45) is 11.7 Å². The molecule has 11 heteroatoms. The number of carbonyl (C=O) groups excluding carboxylic acids is 1. The monoisotopic (exact) mass is 420 g/mol. The van der Waals surface area contributed by atoms with Crippen LogP contribution in [0.4, 0.5) is 13.2 Å². The molecule has 1 fully saturated rings. The molecule has 7 nitrogen and oxygen atoms in total. The molecule has 156 valence electrons. The van der Waals surface area contributed by atoms with E-state index >= 15 is 0 Å². The fourth-order valence-corrected chi connectivity index (χ4v) is 3.73. The first kappa shape index (κ1) is 22.4. The molecule has 2 N–H and O–H groups in total. The molecule has 1 aliphatic heterocycles. The summed E-state index contributed by atoms with van der Waals surface area (Å²) in [5, 5.41) is 3.53. The first-order chi connectivity index (χ1) is 12.6. The van der Waals surface area contributed by atoms with Crippen molar-refractivity contribution in [3.8, 4) is 0 Å². The summed E-state index contributed by atoms with van der Waals surface area (Å²) in [6, 6.07) is 0.151. The maximum Gasteiger partial charge on any atom is 0.453 e. The highest BCUT2D eigenvalue weighted by atomic mass is 35.5. The predicted octanol–water partition coefficient (Wildman–Crippen LogP) is 2.31. The first-order valence-corrected chi connectivity index (χ1v) is 8.91. The third kappa shape index (κ3) is 4.22. The molecule has 3 heterocycles. The quantitative estimate of drug-likeness (QED) is 0.819. The van der Waals surface area contributed by atoms with Crippen molar-refractivity contribution in [1.82, 2.24) is 24.5 Å². The molecule has 1 amide bonds. The van der Waals surface area contributed by atoms with Gasteiger partial charge in [0.1, 0.15) is 0 Å². The van der Waals surface area contributed by atoms with E-state index in [1.165, 1.54) is 0 Å². The summed E-state index contributed by atoms with van der Waals surface area (Å²) in [5.41, 5.74) is 7.50. The van der Waals surface area contributed by atoms with E-state index in [1.807, 2.05) is 11.8 Å². The fraction of sp³-hybridized carbons (Fsp3) is 0.647. The minimum Gasteiger partial charge on any atom is -0.340 e. The van der Waals surface area contributed by atoms with Gasteiger partial charge in [-0.05, 0) is 51.6 Å². The number of fused-ring (bicyclic) bond motifs is 1. The average molecular weight is 421 g/mol. The van der Waals surface area contributed by atoms with E-state index in [-0.39, 0.29) is 36.6 Å². The van der Waals surface area contributed by atoms with Gasteiger partial charge in [0.15, 0.2) is 0 Å². The Kier molecular flexibility index (Phi) is 6.55. The molecule has 2 aromatic heterocycles. The van der Waals surface area contributed by atoms with Gasteiger partial charge >= 0.3 is 6.18 Å². The number of aromatic nitrogens is 4. The zero-order valence-corrected chi connectivity index (χ0v) is 16.8. The van der Waals surface area contributed by atoms with Crippen molar-refractivity contribution >= 4 is 24.1 Å². The SMILES string of the molecule is Cc1nc2nc(C(F)(F)F)nn2c(C)c1CCC(=O)N1CC(CN)CC1C.Cl. The van der Waals surface area contributed by atoms with Gasteiger partial charge in [-0.1, -0.05) is 0 Å². The van der Waals surface area contributed by atoms with Crippen molar-refractivity contribution < 1.29 is 18.0 Å². The van der Waals surface area contributed by atoms with Crippen LogP contribution < -0.4 is 5.73 Å². The minimum atomic E-state index is -4.63. The number of aryl methyl sites for hydroxylation is 2. The topological polar surface area (TPSA) is 89.4 Å². The first-order valence-electron chi connectivity index (χ1n) is 8.91. The number of hydrogen-bond acceptors (Lipinski definition) is 5. The van der Waals surface area contributed by atoms with Crippen LogP contribution in [0.25, 0.3) is 5.78 Å². The summed E-state index contributed by atoms with van der Waals surface area (Å²) in [6.07, 6.45) is -3.09. The Balaban J connectivity index is 0.00000280. The number of amides is 1. The molecular weight excluding hydrogens is 397 g/mol. The number of rotatable bonds is 4. The number of nitrogens with two attached hydrogens (primary N) is 1. The Labute approximate surface area is 166 Å². The summed E-state index contributed by atoms with van der Waals surface area (Å²) in [7, 11) is 0. The van der Waals surface area contributed by atoms with E-state index in [0.29, 0.717) is 36.8 Å². The molecule has 0 saturated carbocycles. The molecular formula is C17H24ClF3N6O. The Bertz CT molecular complexity index is 869. The smallest absolute Gasteiger partial charge is 0.340 e. The van der Waals surface area contributed by atoms with Gasteiger partial charge < -0.3 is 10.6 Å². The number of nitrogens with zero attached hydrogens (tertiary/aromatic N) is 5. The molecule has 0 spiro atoms. The Morgan fingerprint density at radius 3 is 2.54 bits per heavy atom. The Hall–Kier alpha value is -1.94. The van der Waals surface area contributed by atoms with E-state index in [2.05, 4.69) is 15.1 Å². The molecule has 0 aromatic carbocycles. The highest BCUT2D eigenvalue weighted by Gasteiger charge is 2.37. The number of likely N-dealkylation sites (tertiary alicyclic amines) is 1. The second-order valence-electron chi connectivity index (χ2n) is 7.14. The fourth-order valence-electron chi connectivity index (χ4n) is 3.73. The van der Waals surface area contributed by atoms with Gasteiger partial charge in [0.25, 0.3) is 11.6 Å². The van der Waals surface area contributed by atoms with E-state index in [4.69, 9.17) is 5.73 Å². The molecule has 2 atom stereocenters. The van der Waals surface area contributed by atoms with Crippen molar-refractivity contribution in [3.63, 3.8) is 0 Å². The average Bonchev–Trinajstić information content (AvgIpc) is 3.17. The zero-order chi connectivity index (χ0) is 19.9. The molecule has 0 aliphatic carbocycles. The Morgan fingerprint density at radius 2 is 1.96 bits per heavy atom. The molecule has 2 unspecified atom stereocenters. The zero-order valence-electron chi connectivity index (χ0n) is 16.0. The van der Waals surface area contributed by atoms with Crippen LogP contribution in [0.2, 0.25) is 0 Å². The van der Waals surface area contributed by atoms with Crippen LogP contribution in [0.3, 0.4) is 0 Å². The Morgan fingerprint density at radius 1 is 1.29 bits per heavy atom. The van der Waals surface area contributed by atoms with Gasteiger partial charge in [-0.25, -0.2) is 9.50 Å². The number of halogens is 4. The standard InChI is InChI=1S/C17H23F3N6O.ClH/c1-9-6-12(7-21)8-25(9)14(27)5-4-13-10(2)22-16-23-15(17(18,19)20)24-26(16)11(13)3;/h9,12H,4-8,21H2,1-3H3;1H. The molecule has 1 aliphatic rings. The van der Waals surface area contributed by atoms with Crippen LogP contribution >= 0.6 is 12.4 Å². The van der Waals surface area contributed by atoms with Gasteiger partial charge in [-0.15, -0.1) is 17.5 Å². The van der Waals surface area contributed by atoms with Crippen molar-refractivity contribution in [1.29, 1.82) is 0 Å². The summed E-state index contributed by atoms with van der Waals surface area (Å²) >= 11 is 0. The van der Waals surface area contributed by atoms with Gasteiger partial charge in [-0.3, -0.25) is 4.79 Å². The maximum atomic E-state index is 12.9. The maximum absolute atomic E-state index is 12.9. The number of hydrogen-bond donors (Lipinski definition) is 1. The highest BCUT2D eigenvalue weighted by Crippen LogP contribution is 2.27. The summed E-state index contributed by atoms with van der Waals surface area (Å²) in [5.74, 6) is -0.968. The molecule has 1 saturated heterocycles. The minimum absolute atomic E-state index is 0. The second-order valence-corrected chi connectivity index (χ2v) is 7.14. The van der Waals surface area contributed by atoms with Gasteiger partial charge in [0.05, 0.1) is 0 Å². The van der Waals surface area contributed by atoms with Crippen LogP contribution in [0, 0.1) is 19.8 Å². The molecule has 3 rings (SSSR count). The number of alkyl halides is 3. The molecule has 0 bridgehead atoms. The second kappa shape index (κ2) is 8.20. The lowest BCUT2D eigenvalue weighted by Gasteiger charge is -2.22. The van der Waals surface area contributed by atoms with Crippen LogP contribution in [0.5, 0.6) is 0 Å². The lowest BCUT2D eigenvalue weighted by molar-refractivity contribution is -0.144. The lowest BCUT2D eigenvalue weighted by Crippen LogP contribution is -2.34. The number of carbonyl (C=O) groups is 1. The summed E-state index contributed by atoms with van der Waals surface area (Å²) in [6.45, 7) is 6.59. The highest BCUT2D eigenvalue weighted by molar-refractivity contribution is 5.85. The molecule has 28 heavy (non-hydrogen) atoms. The summed E-state index contributed by atoms with van der Waals surface area (Å²) < 4.78 is 39.7. The molecule has 2 aromatic rings. The van der Waals surface area contributed by atoms with Crippen molar-refractivity contribution in [2.75, 3.05) is 13.1 Å². The third-order valence-electron chi connectivity index (χ3n) is 5.21. The van der Waals surface area contributed by atoms with Crippen molar-refractivity contribution in [2.45, 2.75) is 52.3 Å².